The highest BCUT2D eigenvalue weighted by Crippen LogP contribution is 2.43. The van der Waals surface area contributed by atoms with Crippen LogP contribution < -0.4 is 9.47 Å². The molecule has 0 aromatic heterocycles. The molecule has 2 heterocycles. The average molecular weight is 455 g/mol. The van der Waals surface area contributed by atoms with Gasteiger partial charge in [0.1, 0.15) is 40.9 Å². The van der Waals surface area contributed by atoms with Crippen LogP contribution in [0.3, 0.4) is 0 Å². The van der Waals surface area contributed by atoms with Crippen molar-refractivity contribution in [1.29, 1.82) is 0 Å². The van der Waals surface area contributed by atoms with E-state index in [1.807, 2.05) is 13.8 Å². The Balaban J connectivity index is 1.46. The molecule has 33 heavy (non-hydrogen) atoms. The zero-order valence-electron chi connectivity index (χ0n) is 18.9. The van der Waals surface area contributed by atoms with E-state index in [1.54, 1.807) is 58.3 Å². The van der Waals surface area contributed by atoms with Gasteiger partial charge in [-0.25, -0.2) is 0 Å². The normalized spacial score (nSPS) is 22.1. The Hall–Kier alpha value is -3.42. The fourth-order valence-corrected chi connectivity index (χ4v) is 4.81. The molecule has 2 unspecified atom stereocenters. The van der Waals surface area contributed by atoms with Crippen LogP contribution in [0.2, 0.25) is 0 Å². The van der Waals surface area contributed by atoms with Crippen molar-refractivity contribution >= 4 is 11.8 Å². The van der Waals surface area contributed by atoms with E-state index in [4.69, 9.17) is 9.47 Å². The highest BCUT2D eigenvalue weighted by molar-refractivity contribution is 5.85. The summed E-state index contributed by atoms with van der Waals surface area (Å²) in [5.41, 5.74) is -0.659. The number of hydrogen-bond donors (Lipinski definition) is 2. The quantitative estimate of drug-likeness (QED) is 0.635. The molecule has 2 aromatic carbocycles. The number of hydrogen-bond acceptors (Lipinski definition) is 6. The van der Waals surface area contributed by atoms with E-state index in [0.717, 1.165) is 0 Å². The fourth-order valence-electron chi connectivity index (χ4n) is 4.81. The summed E-state index contributed by atoms with van der Waals surface area (Å²) < 4.78 is 11.9. The smallest absolute Gasteiger partial charge is 0.224 e. The molecule has 8 heteroatoms. The first kappa shape index (κ1) is 22.8. The molecule has 2 fully saturated rings. The van der Waals surface area contributed by atoms with Gasteiger partial charge in [0, 0.05) is 12.8 Å². The number of nitrogens with zero attached hydrogens (tertiary/aromatic N) is 2. The number of aromatic hydroxyl groups is 2. The summed E-state index contributed by atoms with van der Waals surface area (Å²) in [6.07, 6.45) is 1.38. The Bertz CT molecular complexity index is 909. The van der Waals surface area contributed by atoms with E-state index in [2.05, 4.69) is 0 Å². The third-order valence-corrected chi connectivity index (χ3v) is 6.31. The van der Waals surface area contributed by atoms with Crippen molar-refractivity contribution in [2.24, 2.45) is 0 Å². The number of amides is 2. The van der Waals surface area contributed by atoms with Gasteiger partial charge in [0.15, 0.2) is 0 Å². The molecule has 2 amide bonds. The van der Waals surface area contributed by atoms with Crippen LogP contribution in [0, 0.1) is 0 Å². The molecule has 2 aliphatic heterocycles. The summed E-state index contributed by atoms with van der Waals surface area (Å²) in [6, 6.07) is 12.9. The highest BCUT2D eigenvalue weighted by atomic mass is 16.5. The molecular formula is C25H30N2O6. The van der Waals surface area contributed by atoms with Gasteiger partial charge in [0.25, 0.3) is 0 Å². The number of phenolic OH excluding ortho intramolecular Hbond substituents is 2. The Morgan fingerprint density at radius 1 is 0.758 bits per heavy atom. The fraction of sp³-hybridized carbons (Fsp3) is 0.440. The van der Waals surface area contributed by atoms with Crippen LogP contribution in [0.15, 0.2) is 48.5 Å². The first-order valence-corrected chi connectivity index (χ1v) is 11.3. The van der Waals surface area contributed by atoms with Gasteiger partial charge in [-0.15, -0.1) is 0 Å². The summed E-state index contributed by atoms with van der Waals surface area (Å²) >= 11 is 0. The van der Waals surface area contributed by atoms with Gasteiger partial charge in [-0.05, 0) is 75.2 Å². The lowest BCUT2D eigenvalue weighted by Gasteiger charge is -2.44. The summed E-state index contributed by atoms with van der Waals surface area (Å²) in [4.78, 5) is 29.4. The van der Waals surface area contributed by atoms with Crippen molar-refractivity contribution in [3.63, 3.8) is 0 Å². The molecule has 2 N–H and O–H groups in total. The number of carbonyl (C=O) groups excluding carboxylic acids is 2. The molecule has 2 aromatic rings. The first-order valence-electron chi connectivity index (χ1n) is 11.3. The van der Waals surface area contributed by atoms with Gasteiger partial charge in [0.05, 0.1) is 13.1 Å². The monoisotopic (exact) mass is 454 g/mol. The second-order valence-corrected chi connectivity index (χ2v) is 8.84. The van der Waals surface area contributed by atoms with Crippen LogP contribution in [0.4, 0.5) is 0 Å². The summed E-state index contributed by atoms with van der Waals surface area (Å²) in [5.74, 6) is 1.57. The number of benzene rings is 2. The lowest BCUT2D eigenvalue weighted by Crippen LogP contribution is -2.59. The molecule has 0 radical (unpaired) electrons. The van der Waals surface area contributed by atoms with Gasteiger partial charge in [-0.1, -0.05) is 0 Å². The van der Waals surface area contributed by atoms with Gasteiger partial charge in [-0.3, -0.25) is 9.59 Å². The minimum atomic E-state index is -0.659. The molecule has 176 valence electrons. The van der Waals surface area contributed by atoms with Crippen molar-refractivity contribution in [2.75, 3.05) is 13.1 Å². The number of ether oxygens (including phenoxy) is 2. The van der Waals surface area contributed by atoms with Gasteiger partial charge in [0.2, 0.25) is 11.8 Å². The number of rotatable bonds is 8. The van der Waals surface area contributed by atoms with Crippen molar-refractivity contribution < 1.29 is 29.3 Å². The van der Waals surface area contributed by atoms with Crippen LogP contribution in [0.5, 0.6) is 23.0 Å². The number of phenols is 2. The van der Waals surface area contributed by atoms with Crippen molar-refractivity contribution in [2.45, 2.75) is 57.4 Å². The third-order valence-electron chi connectivity index (χ3n) is 6.31. The maximum absolute atomic E-state index is 12.9. The molecule has 8 nitrogen and oxygen atoms in total. The molecule has 2 aliphatic rings. The molecule has 0 bridgehead atoms. The largest absolute Gasteiger partial charge is 0.508 e. The molecule has 2 saturated heterocycles. The maximum atomic E-state index is 12.9. The number of likely N-dealkylation sites (tertiary alicyclic amines) is 2. The molecule has 4 rings (SSSR count). The zero-order valence-corrected chi connectivity index (χ0v) is 18.9. The predicted molar refractivity (Wildman–Crippen MR) is 121 cm³/mol. The third kappa shape index (κ3) is 4.84. The lowest BCUT2D eigenvalue weighted by atomic mass is 10.0. The van der Waals surface area contributed by atoms with E-state index >= 15 is 0 Å². The zero-order chi connectivity index (χ0) is 23.6. The van der Waals surface area contributed by atoms with Gasteiger partial charge < -0.3 is 29.5 Å². The van der Waals surface area contributed by atoms with Crippen molar-refractivity contribution in [1.82, 2.24) is 9.80 Å². The van der Waals surface area contributed by atoms with Crippen LogP contribution in [0.25, 0.3) is 0 Å². The van der Waals surface area contributed by atoms with E-state index in [-0.39, 0.29) is 35.5 Å². The Morgan fingerprint density at radius 2 is 1.12 bits per heavy atom. The molecular weight excluding hydrogens is 424 g/mol. The lowest BCUT2D eigenvalue weighted by molar-refractivity contribution is -0.146. The van der Waals surface area contributed by atoms with Crippen LogP contribution in [-0.4, -0.2) is 62.8 Å². The maximum Gasteiger partial charge on any atom is 0.224 e. The topological polar surface area (TPSA) is 99.5 Å². The molecule has 1 spiro atoms. The highest BCUT2D eigenvalue weighted by Gasteiger charge is 2.55. The summed E-state index contributed by atoms with van der Waals surface area (Å²) in [6.45, 7) is 4.50. The van der Waals surface area contributed by atoms with E-state index in [1.165, 1.54) is 0 Å². The second kappa shape index (κ2) is 9.21. The Morgan fingerprint density at radius 3 is 1.48 bits per heavy atom. The first-order chi connectivity index (χ1) is 15.8. The Kier molecular flexibility index (Phi) is 6.35. The second-order valence-electron chi connectivity index (χ2n) is 8.84. The Labute approximate surface area is 193 Å². The predicted octanol–water partition coefficient (Wildman–Crippen LogP) is 3.27. The summed E-state index contributed by atoms with van der Waals surface area (Å²) in [5, 5.41) is 18.9. The minimum Gasteiger partial charge on any atom is -0.508 e. The van der Waals surface area contributed by atoms with Gasteiger partial charge >= 0.3 is 0 Å². The summed E-state index contributed by atoms with van der Waals surface area (Å²) in [7, 11) is 0. The van der Waals surface area contributed by atoms with Gasteiger partial charge in [-0.2, -0.15) is 0 Å². The van der Waals surface area contributed by atoms with E-state index in [0.29, 0.717) is 50.3 Å². The van der Waals surface area contributed by atoms with Crippen molar-refractivity contribution in [3.8, 4) is 23.0 Å². The molecule has 0 saturated carbocycles. The SMILES string of the molecule is CC(CN1C(=O)CCC12CCC(=O)N2CC(C)Oc1ccc(O)cc1)Oc1ccc(O)cc1. The standard InChI is InChI=1S/C25H30N2O6/c1-17(32-21-7-3-19(28)4-8-21)15-26-23(30)11-13-25(26)14-12-24(31)27(25)16-18(2)33-22-9-5-20(29)6-10-22/h3-10,17-18,28-29H,11-16H2,1-2H3. The number of carbonyl (C=O) groups is 2. The molecule has 2 atom stereocenters. The minimum absolute atomic E-state index is 0.0166. The average Bonchev–Trinajstić information content (AvgIpc) is 3.26. The van der Waals surface area contributed by atoms with Crippen LogP contribution >= 0.6 is 0 Å². The van der Waals surface area contributed by atoms with E-state index in [9.17, 15) is 19.8 Å². The van der Waals surface area contributed by atoms with E-state index < -0.39 is 5.66 Å². The molecule has 0 aliphatic carbocycles. The van der Waals surface area contributed by atoms with Crippen LogP contribution in [0.1, 0.15) is 39.5 Å². The van der Waals surface area contributed by atoms with Crippen LogP contribution in [-0.2, 0) is 9.59 Å². The van der Waals surface area contributed by atoms with Crippen molar-refractivity contribution in [3.05, 3.63) is 48.5 Å².